The molecule has 0 aromatic carbocycles. The summed E-state index contributed by atoms with van der Waals surface area (Å²) in [7, 11) is -1.52. The van der Waals surface area contributed by atoms with Crippen LogP contribution in [0.3, 0.4) is 0 Å². The van der Waals surface area contributed by atoms with E-state index >= 15 is 0 Å². The Balaban J connectivity index is 2.77. The highest BCUT2D eigenvalue weighted by molar-refractivity contribution is 7.54. The number of hydrogen-bond donors (Lipinski definition) is 0. The summed E-state index contributed by atoms with van der Waals surface area (Å²) in [5.74, 6) is 2.42. The zero-order valence-corrected chi connectivity index (χ0v) is 7.14. The van der Waals surface area contributed by atoms with E-state index in [0.29, 0.717) is 5.57 Å². The maximum absolute atomic E-state index is 11.4. The van der Waals surface area contributed by atoms with Gasteiger partial charge < -0.3 is 9.05 Å². The lowest BCUT2D eigenvalue weighted by molar-refractivity contribution is 0.252. The number of allylic oxidation sites excluding steroid dienone is 1. The van der Waals surface area contributed by atoms with Crippen molar-refractivity contribution in [2.24, 2.45) is 0 Å². The second-order valence-corrected chi connectivity index (χ2v) is 4.28. The average molecular weight is 172 g/mol. The molecule has 0 saturated heterocycles. The SMILES string of the molecule is C#CC1=CCOP(=O)(OC)C1. The highest BCUT2D eigenvalue weighted by Gasteiger charge is 2.26. The minimum absolute atomic E-state index is 0.222. The molecule has 0 aromatic heterocycles. The van der Waals surface area contributed by atoms with Gasteiger partial charge in [0.25, 0.3) is 0 Å². The van der Waals surface area contributed by atoms with Crippen LogP contribution in [0.5, 0.6) is 0 Å². The van der Waals surface area contributed by atoms with Gasteiger partial charge >= 0.3 is 7.60 Å². The summed E-state index contributed by atoms with van der Waals surface area (Å²) in [6, 6.07) is 0. The van der Waals surface area contributed by atoms with Gasteiger partial charge in [0.15, 0.2) is 0 Å². The second kappa shape index (κ2) is 3.23. The molecule has 3 nitrogen and oxygen atoms in total. The highest BCUT2D eigenvalue weighted by atomic mass is 31.2. The van der Waals surface area contributed by atoms with Gasteiger partial charge in [0.1, 0.15) is 0 Å². The molecule has 0 aromatic rings. The molecule has 4 heteroatoms. The van der Waals surface area contributed by atoms with Crippen LogP contribution in [-0.4, -0.2) is 19.9 Å². The van der Waals surface area contributed by atoms with E-state index < -0.39 is 7.60 Å². The topological polar surface area (TPSA) is 35.5 Å². The van der Waals surface area contributed by atoms with Crippen molar-refractivity contribution in [2.75, 3.05) is 19.9 Å². The Bertz CT molecular complexity index is 261. The molecule has 0 aliphatic carbocycles. The van der Waals surface area contributed by atoms with E-state index in [-0.39, 0.29) is 12.8 Å². The van der Waals surface area contributed by atoms with E-state index in [0.717, 1.165) is 0 Å². The van der Waals surface area contributed by atoms with Gasteiger partial charge in [-0.3, -0.25) is 4.57 Å². The molecule has 0 saturated carbocycles. The van der Waals surface area contributed by atoms with Gasteiger partial charge in [-0.25, -0.2) is 0 Å². The van der Waals surface area contributed by atoms with E-state index in [4.69, 9.17) is 15.5 Å². The van der Waals surface area contributed by atoms with Crippen LogP contribution in [0, 0.1) is 12.3 Å². The predicted molar refractivity (Wildman–Crippen MR) is 42.4 cm³/mol. The first kappa shape index (κ1) is 8.55. The van der Waals surface area contributed by atoms with Crippen molar-refractivity contribution in [3.63, 3.8) is 0 Å². The maximum atomic E-state index is 11.4. The van der Waals surface area contributed by atoms with Gasteiger partial charge in [-0.1, -0.05) is 5.92 Å². The molecule has 1 aliphatic rings. The third-order valence-electron chi connectivity index (χ3n) is 1.43. The first-order chi connectivity index (χ1) is 5.20. The first-order valence-electron chi connectivity index (χ1n) is 3.15. The molecule has 1 aliphatic heterocycles. The Kier molecular flexibility index (Phi) is 2.51. The van der Waals surface area contributed by atoms with E-state index in [2.05, 4.69) is 5.92 Å². The third kappa shape index (κ3) is 1.94. The smallest absolute Gasteiger partial charge is 0.312 e. The summed E-state index contributed by atoms with van der Waals surface area (Å²) in [5, 5.41) is 0. The summed E-state index contributed by atoms with van der Waals surface area (Å²) in [6.45, 7) is 0.282. The molecular formula is C7H9O3P. The molecule has 1 heterocycles. The molecular weight excluding hydrogens is 163 g/mol. The van der Waals surface area contributed by atoms with Gasteiger partial charge in [0.05, 0.1) is 12.8 Å². The molecule has 0 N–H and O–H groups in total. The van der Waals surface area contributed by atoms with Crippen LogP contribution < -0.4 is 0 Å². The standard InChI is InChI=1S/C7H9O3P/c1-3-7-4-5-10-11(8,6-7)9-2/h1,4H,5-6H2,2H3. The molecule has 1 unspecified atom stereocenters. The van der Waals surface area contributed by atoms with Crippen molar-refractivity contribution >= 4 is 7.60 Å². The Morgan fingerprint density at radius 1 is 1.91 bits per heavy atom. The first-order valence-corrected chi connectivity index (χ1v) is 4.88. The maximum Gasteiger partial charge on any atom is 0.335 e. The van der Waals surface area contributed by atoms with Crippen molar-refractivity contribution < 1.29 is 13.6 Å². The Morgan fingerprint density at radius 2 is 2.64 bits per heavy atom. The van der Waals surface area contributed by atoms with Crippen LogP contribution >= 0.6 is 7.60 Å². The van der Waals surface area contributed by atoms with Crippen LogP contribution in [-0.2, 0) is 13.6 Å². The predicted octanol–water partition coefficient (Wildman–Crippen LogP) is 1.42. The van der Waals surface area contributed by atoms with Gasteiger partial charge in [0.2, 0.25) is 0 Å². The van der Waals surface area contributed by atoms with Crippen molar-refractivity contribution in [1.82, 2.24) is 0 Å². The van der Waals surface area contributed by atoms with Crippen molar-refractivity contribution in [3.8, 4) is 12.3 Å². The van der Waals surface area contributed by atoms with Gasteiger partial charge in [-0.2, -0.15) is 0 Å². The minimum atomic E-state index is -2.88. The Morgan fingerprint density at radius 3 is 3.18 bits per heavy atom. The number of hydrogen-bond acceptors (Lipinski definition) is 3. The molecule has 1 rings (SSSR count). The molecule has 60 valence electrons. The largest absolute Gasteiger partial charge is 0.335 e. The van der Waals surface area contributed by atoms with Gasteiger partial charge in [-0.15, -0.1) is 6.42 Å². The highest BCUT2D eigenvalue weighted by Crippen LogP contribution is 2.50. The van der Waals surface area contributed by atoms with E-state index in [1.165, 1.54) is 7.11 Å². The minimum Gasteiger partial charge on any atom is -0.312 e. The average Bonchev–Trinajstić information content (AvgIpc) is 2.05. The third-order valence-corrected chi connectivity index (χ3v) is 3.26. The summed E-state index contributed by atoms with van der Waals surface area (Å²) >= 11 is 0. The molecule has 0 fully saturated rings. The quantitative estimate of drug-likeness (QED) is 0.443. The van der Waals surface area contributed by atoms with E-state index in [9.17, 15) is 4.57 Å². The Hall–Kier alpha value is -0.550. The van der Waals surface area contributed by atoms with Crippen LogP contribution in [0.15, 0.2) is 11.6 Å². The normalized spacial score (nSPS) is 30.7. The van der Waals surface area contributed by atoms with Crippen molar-refractivity contribution in [3.05, 3.63) is 11.6 Å². The zero-order valence-electron chi connectivity index (χ0n) is 6.24. The number of terminal acetylenes is 1. The molecule has 0 radical (unpaired) electrons. The van der Waals surface area contributed by atoms with E-state index in [1.54, 1.807) is 6.08 Å². The fourth-order valence-electron chi connectivity index (χ4n) is 0.792. The zero-order chi connectivity index (χ0) is 8.32. The summed E-state index contributed by atoms with van der Waals surface area (Å²) < 4.78 is 21.0. The monoisotopic (exact) mass is 172 g/mol. The molecule has 0 spiro atoms. The van der Waals surface area contributed by atoms with Crippen LogP contribution in [0.2, 0.25) is 0 Å². The summed E-state index contributed by atoms with van der Waals surface area (Å²) in [5.41, 5.74) is 0.696. The van der Waals surface area contributed by atoms with Gasteiger partial charge in [0, 0.05) is 12.7 Å². The molecule has 11 heavy (non-hydrogen) atoms. The molecule has 0 amide bonds. The van der Waals surface area contributed by atoms with Crippen LogP contribution in [0.4, 0.5) is 0 Å². The van der Waals surface area contributed by atoms with Crippen molar-refractivity contribution in [2.45, 2.75) is 0 Å². The van der Waals surface area contributed by atoms with Gasteiger partial charge in [-0.05, 0) is 6.08 Å². The summed E-state index contributed by atoms with van der Waals surface area (Å²) in [4.78, 5) is 0. The number of rotatable bonds is 1. The fraction of sp³-hybridized carbons (Fsp3) is 0.429. The van der Waals surface area contributed by atoms with Crippen LogP contribution in [0.1, 0.15) is 0 Å². The molecule has 0 bridgehead atoms. The lowest BCUT2D eigenvalue weighted by atomic mass is 10.3. The van der Waals surface area contributed by atoms with E-state index in [1.807, 2.05) is 0 Å². The fourth-order valence-corrected chi connectivity index (χ4v) is 2.06. The van der Waals surface area contributed by atoms with Crippen LogP contribution in [0.25, 0.3) is 0 Å². The lowest BCUT2D eigenvalue weighted by Gasteiger charge is -2.18. The second-order valence-electron chi connectivity index (χ2n) is 2.12. The lowest BCUT2D eigenvalue weighted by Crippen LogP contribution is -2.05. The summed E-state index contributed by atoms with van der Waals surface area (Å²) in [6.07, 6.45) is 7.08. The van der Waals surface area contributed by atoms with Crippen molar-refractivity contribution in [1.29, 1.82) is 0 Å². The Labute approximate surface area is 65.9 Å². The molecule has 1 atom stereocenters.